The highest BCUT2D eigenvalue weighted by molar-refractivity contribution is 5.74. The third-order valence-corrected chi connectivity index (χ3v) is 4.67. The predicted molar refractivity (Wildman–Crippen MR) is 85.8 cm³/mol. The van der Waals surface area contributed by atoms with Crippen LogP contribution in [0.1, 0.15) is 24.7 Å². The fourth-order valence-electron chi connectivity index (χ4n) is 3.55. The van der Waals surface area contributed by atoms with Crippen LogP contribution in [0.5, 0.6) is 5.88 Å². The number of aromatic nitrogens is 2. The Kier molecular flexibility index (Phi) is 4.39. The number of rotatable bonds is 2. The zero-order valence-corrected chi connectivity index (χ0v) is 14.2. The first kappa shape index (κ1) is 16.0. The average molecular weight is 320 g/mol. The first-order chi connectivity index (χ1) is 11.0. The Hall–Kier alpha value is -1.89. The molecule has 0 spiro atoms. The van der Waals surface area contributed by atoms with Crippen LogP contribution in [0.15, 0.2) is 0 Å². The minimum absolute atomic E-state index is 0.0793. The lowest BCUT2D eigenvalue weighted by Crippen LogP contribution is -2.61. The van der Waals surface area contributed by atoms with Gasteiger partial charge in [-0.25, -0.2) is 4.98 Å². The summed E-state index contributed by atoms with van der Waals surface area (Å²) in [6.07, 6.45) is 1.01. The summed E-state index contributed by atoms with van der Waals surface area (Å²) >= 11 is 0. The maximum atomic E-state index is 11.9. The molecule has 1 aromatic rings. The summed E-state index contributed by atoms with van der Waals surface area (Å²) in [7, 11) is 1.62. The Morgan fingerprint density at radius 3 is 2.78 bits per heavy atom. The van der Waals surface area contributed by atoms with Gasteiger partial charge < -0.3 is 19.3 Å². The molecule has 7 heteroatoms. The van der Waals surface area contributed by atoms with Gasteiger partial charge in [0.2, 0.25) is 11.8 Å². The Bertz CT molecular complexity index is 607. The molecule has 3 rings (SSSR count). The standard InChI is InChI=1S/C16H24N4O3/c1-10-15(17-11(2)18-16(10)22-4)19-6-5-14-13(9-19)20(12(3)21)7-8-23-14/h13-14H,5-9H2,1-4H3. The normalized spacial score (nSPS) is 24.3. The van der Waals surface area contributed by atoms with Crippen molar-refractivity contribution in [1.29, 1.82) is 0 Å². The van der Waals surface area contributed by atoms with Crippen LogP contribution < -0.4 is 9.64 Å². The van der Waals surface area contributed by atoms with E-state index in [1.807, 2.05) is 18.7 Å². The van der Waals surface area contributed by atoms with Crippen LogP contribution in [-0.4, -0.2) is 66.3 Å². The third kappa shape index (κ3) is 2.97. The number of carbonyl (C=O) groups excluding carboxylic acids is 1. The minimum atomic E-state index is 0.0793. The fraction of sp³-hybridized carbons (Fsp3) is 0.688. The Balaban J connectivity index is 1.88. The second-order valence-corrected chi connectivity index (χ2v) is 6.15. The van der Waals surface area contributed by atoms with Crippen LogP contribution in [0.3, 0.4) is 0 Å². The molecule has 2 saturated heterocycles. The van der Waals surface area contributed by atoms with Gasteiger partial charge in [0.05, 0.1) is 31.4 Å². The molecule has 0 saturated carbocycles. The number of carbonyl (C=O) groups is 1. The van der Waals surface area contributed by atoms with Crippen molar-refractivity contribution in [2.75, 3.05) is 38.3 Å². The van der Waals surface area contributed by atoms with Gasteiger partial charge in [-0.1, -0.05) is 0 Å². The van der Waals surface area contributed by atoms with Crippen molar-refractivity contribution in [1.82, 2.24) is 14.9 Å². The van der Waals surface area contributed by atoms with E-state index in [1.54, 1.807) is 14.0 Å². The Morgan fingerprint density at radius 1 is 1.30 bits per heavy atom. The van der Waals surface area contributed by atoms with E-state index in [9.17, 15) is 4.79 Å². The van der Waals surface area contributed by atoms with Gasteiger partial charge in [-0.05, 0) is 20.3 Å². The maximum absolute atomic E-state index is 11.9. The van der Waals surface area contributed by atoms with Gasteiger partial charge in [0, 0.05) is 26.6 Å². The molecule has 3 heterocycles. The summed E-state index contributed by atoms with van der Waals surface area (Å²) in [5.41, 5.74) is 0.933. The highest BCUT2D eigenvalue weighted by Crippen LogP contribution is 2.30. The second-order valence-electron chi connectivity index (χ2n) is 6.15. The first-order valence-corrected chi connectivity index (χ1v) is 8.04. The SMILES string of the molecule is COc1nc(C)nc(N2CCC3OCCN(C(C)=O)C3C2)c1C. The number of nitrogens with zero attached hydrogens (tertiary/aromatic N) is 4. The van der Waals surface area contributed by atoms with E-state index < -0.39 is 0 Å². The number of methoxy groups -OCH3 is 1. The number of amides is 1. The van der Waals surface area contributed by atoms with Gasteiger partial charge in [0.25, 0.3) is 0 Å². The van der Waals surface area contributed by atoms with Crippen LogP contribution in [-0.2, 0) is 9.53 Å². The lowest BCUT2D eigenvalue weighted by atomic mass is 9.98. The Labute approximate surface area is 136 Å². The molecule has 0 aromatic carbocycles. The number of aryl methyl sites for hydroxylation is 1. The summed E-state index contributed by atoms with van der Waals surface area (Å²) in [6.45, 7) is 8.34. The molecule has 2 atom stereocenters. The van der Waals surface area contributed by atoms with E-state index >= 15 is 0 Å². The number of ether oxygens (including phenoxy) is 2. The largest absolute Gasteiger partial charge is 0.481 e. The molecule has 0 radical (unpaired) electrons. The molecule has 0 bridgehead atoms. The molecule has 2 aliphatic heterocycles. The molecule has 0 aliphatic carbocycles. The number of morpholine rings is 1. The van der Waals surface area contributed by atoms with Crippen LogP contribution in [0.25, 0.3) is 0 Å². The summed E-state index contributed by atoms with van der Waals surface area (Å²) in [5, 5.41) is 0. The van der Waals surface area contributed by atoms with Gasteiger partial charge in [-0.3, -0.25) is 4.79 Å². The van der Waals surface area contributed by atoms with E-state index in [2.05, 4.69) is 14.9 Å². The van der Waals surface area contributed by atoms with Gasteiger partial charge in [-0.15, -0.1) is 0 Å². The van der Waals surface area contributed by atoms with Gasteiger partial charge in [0.15, 0.2) is 0 Å². The maximum Gasteiger partial charge on any atom is 0.221 e. The van der Waals surface area contributed by atoms with Gasteiger partial charge in [0.1, 0.15) is 11.6 Å². The molecule has 7 nitrogen and oxygen atoms in total. The third-order valence-electron chi connectivity index (χ3n) is 4.67. The summed E-state index contributed by atoms with van der Waals surface area (Å²) in [5.74, 6) is 2.30. The molecule has 2 aliphatic rings. The molecular weight excluding hydrogens is 296 g/mol. The van der Waals surface area contributed by atoms with Crippen molar-refractivity contribution in [2.24, 2.45) is 0 Å². The molecule has 1 aromatic heterocycles. The molecule has 23 heavy (non-hydrogen) atoms. The molecule has 2 fully saturated rings. The van der Waals surface area contributed by atoms with Crippen LogP contribution in [0.4, 0.5) is 5.82 Å². The molecule has 1 amide bonds. The van der Waals surface area contributed by atoms with Gasteiger partial charge in [-0.2, -0.15) is 4.98 Å². The minimum Gasteiger partial charge on any atom is -0.481 e. The molecular formula is C16H24N4O3. The number of piperidine rings is 1. The smallest absolute Gasteiger partial charge is 0.221 e. The fourth-order valence-corrected chi connectivity index (χ4v) is 3.55. The second kappa shape index (κ2) is 6.31. The van der Waals surface area contributed by atoms with Crippen LogP contribution in [0, 0.1) is 13.8 Å². The van der Waals surface area contributed by atoms with Crippen molar-refractivity contribution in [3.05, 3.63) is 11.4 Å². The molecule has 126 valence electrons. The summed E-state index contributed by atoms with van der Waals surface area (Å²) in [6, 6.07) is 0.0793. The topological polar surface area (TPSA) is 67.8 Å². The summed E-state index contributed by atoms with van der Waals surface area (Å²) < 4.78 is 11.2. The number of hydrogen-bond acceptors (Lipinski definition) is 6. The average Bonchev–Trinajstić information content (AvgIpc) is 2.55. The van der Waals surface area contributed by atoms with Crippen molar-refractivity contribution >= 4 is 11.7 Å². The highest BCUT2D eigenvalue weighted by Gasteiger charge is 2.39. The van der Waals surface area contributed by atoms with Crippen molar-refractivity contribution in [2.45, 2.75) is 39.3 Å². The zero-order chi connectivity index (χ0) is 16.6. The van der Waals surface area contributed by atoms with E-state index in [0.717, 1.165) is 30.9 Å². The van der Waals surface area contributed by atoms with Crippen molar-refractivity contribution < 1.29 is 14.3 Å². The van der Waals surface area contributed by atoms with E-state index in [4.69, 9.17) is 9.47 Å². The molecule has 0 N–H and O–H groups in total. The van der Waals surface area contributed by atoms with Crippen molar-refractivity contribution in [3.63, 3.8) is 0 Å². The monoisotopic (exact) mass is 320 g/mol. The van der Waals surface area contributed by atoms with E-state index in [0.29, 0.717) is 24.9 Å². The first-order valence-electron chi connectivity index (χ1n) is 8.04. The lowest BCUT2D eigenvalue weighted by Gasteiger charge is -2.47. The summed E-state index contributed by atoms with van der Waals surface area (Å²) in [4.78, 5) is 25.0. The van der Waals surface area contributed by atoms with E-state index in [-0.39, 0.29) is 18.1 Å². The van der Waals surface area contributed by atoms with E-state index in [1.165, 1.54) is 0 Å². The quantitative estimate of drug-likeness (QED) is 0.807. The zero-order valence-electron chi connectivity index (χ0n) is 14.2. The Morgan fingerprint density at radius 2 is 2.09 bits per heavy atom. The van der Waals surface area contributed by atoms with Crippen LogP contribution in [0.2, 0.25) is 0 Å². The number of hydrogen-bond donors (Lipinski definition) is 0. The van der Waals surface area contributed by atoms with Gasteiger partial charge >= 0.3 is 0 Å². The predicted octanol–water partition coefficient (Wildman–Crippen LogP) is 0.928. The number of anilines is 1. The van der Waals surface area contributed by atoms with Crippen LogP contribution >= 0.6 is 0 Å². The lowest BCUT2D eigenvalue weighted by molar-refractivity contribution is -0.145. The number of fused-ring (bicyclic) bond motifs is 1. The van der Waals surface area contributed by atoms with Crippen molar-refractivity contribution in [3.8, 4) is 5.88 Å². The highest BCUT2D eigenvalue weighted by atomic mass is 16.5. The molecule has 2 unspecified atom stereocenters.